The largest absolute Gasteiger partial charge is 0.347 e. The minimum atomic E-state index is -3.27. The highest BCUT2D eigenvalue weighted by Gasteiger charge is 2.44. The van der Waals surface area contributed by atoms with Crippen molar-refractivity contribution in [3.05, 3.63) is 47.0 Å². The van der Waals surface area contributed by atoms with Crippen molar-refractivity contribution in [2.75, 3.05) is 11.9 Å². The average Bonchev–Trinajstić information content (AvgIpc) is 3.22. The Hall–Kier alpha value is -2.07. The molecule has 1 aromatic heterocycles. The molecule has 2 heterocycles. The number of rotatable bonds is 7. The first-order valence-corrected chi connectivity index (χ1v) is 14.7. The Balaban J connectivity index is 1.37. The van der Waals surface area contributed by atoms with Crippen LogP contribution in [0.4, 0.5) is 5.13 Å². The van der Waals surface area contributed by atoms with Gasteiger partial charge in [-0.1, -0.05) is 31.1 Å². The topological polar surface area (TPSA) is 94.6 Å². The van der Waals surface area contributed by atoms with Crippen LogP contribution in [0.3, 0.4) is 0 Å². The first-order chi connectivity index (χ1) is 16.6. The predicted octanol–water partition coefficient (Wildman–Crippen LogP) is 5.29. The summed E-state index contributed by atoms with van der Waals surface area (Å²) in [5, 5.41) is 5.07. The molecule has 2 saturated carbocycles. The maximum atomic E-state index is 13.4. The van der Waals surface area contributed by atoms with Crippen molar-refractivity contribution in [1.82, 2.24) is 4.98 Å². The molecule has 2 aliphatic carbocycles. The van der Waals surface area contributed by atoms with Crippen LogP contribution in [0.2, 0.25) is 0 Å². The van der Waals surface area contributed by atoms with E-state index in [-0.39, 0.29) is 11.2 Å². The van der Waals surface area contributed by atoms with Crippen LogP contribution in [0.1, 0.15) is 70.6 Å². The molecule has 0 bridgehead atoms. The van der Waals surface area contributed by atoms with E-state index in [4.69, 9.17) is 9.47 Å². The standard InChI is InChI=1S/C26H32N2O5S2/c1-25(2)32-16-26(3,33-25)22-15-34-24(27-22)28-23(29)21(14-17-6-4-5-7-17)18-8-10-19(11-9-18)35(30,31)20-12-13-20/h8-11,14-15,17,20H,4-7,12-13,16H2,1-3H3,(H,27,28,29)/b21-14+. The molecule has 1 aliphatic heterocycles. The molecule has 188 valence electrons. The van der Waals surface area contributed by atoms with Crippen LogP contribution in [0.15, 0.2) is 40.6 Å². The van der Waals surface area contributed by atoms with Gasteiger partial charge in [0.25, 0.3) is 5.91 Å². The van der Waals surface area contributed by atoms with Crippen LogP contribution < -0.4 is 5.32 Å². The highest BCUT2D eigenvalue weighted by Crippen LogP contribution is 2.39. The second-order valence-electron chi connectivity index (χ2n) is 10.4. The van der Waals surface area contributed by atoms with E-state index in [0.29, 0.717) is 33.7 Å². The van der Waals surface area contributed by atoms with Crippen molar-refractivity contribution in [1.29, 1.82) is 0 Å². The van der Waals surface area contributed by atoms with Gasteiger partial charge in [0.15, 0.2) is 20.8 Å². The molecule has 2 aromatic rings. The Morgan fingerprint density at radius 1 is 1.11 bits per heavy atom. The molecule has 3 fully saturated rings. The van der Waals surface area contributed by atoms with E-state index in [1.54, 1.807) is 24.3 Å². The van der Waals surface area contributed by atoms with Crippen LogP contribution in [-0.4, -0.2) is 37.0 Å². The zero-order valence-electron chi connectivity index (χ0n) is 20.4. The van der Waals surface area contributed by atoms with E-state index in [1.165, 1.54) is 11.3 Å². The summed E-state index contributed by atoms with van der Waals surface area (Å²) >= 11 is 1.35. The van der Waals surface area contributed by atoms with Gasteiger partial charge < -0.3 is 9.47 Å². The number of sulfone groups is 1. The van der Waals surface area contributed by atoms with E-state index in [2.05, 4.69) is 10.3 Å². The number of benzene rings is 1. The Morgan fingerprint density at radius 2 is 1.80 bits per heavy atom. The number of carbonyl (C=O) groups excluding carboxylic acids is 1. The number of nitrogens with one attached hydrogen (secondary N) is 1. The highest BCUT2D eigenvalue weighted by atomic mass is 32.2. The minimum Gasteiger partial charge on any atom is -0.347 e. The van der Waals surface area contributed by atoms with E-state index < -0.39 is 21.2 Å². The van der Waals surface area contributed by atoms with Gasteiger partial charge in [0.1, 0.15) is 5.60 Å². The summed E-state index contributed by atoms with van der Waals surface area (Å²) in [6.45, 7) is 6.06. The summed E-state index contributed by atoms with van der Waals surface area (Å²) in [6.07, 6.45) is 7.91. The minimum absolute atomic E-state index is 0.246. The monoisotopic (exact) mass is 516 g/mol. The molecule has 1 amide bonds. The zero-order chi connectivity index (χ0) is 24.8. The number of thiazole rings is 1. The summed E-state index contributed by atoms with van der Waals surface area (Å²) in [4.78, 5) is 18.4. The van der Waals surface area contributed by atoms with Gasteiger partial charge in [0.2, 0.25) is 0 Å². The number of carbonyl (C=O) groups is 1. The lowest BCUT2D eigenvalue weighted by Crippen LogP contribution is -2.28. The fourth-order valence-corrected chi connectivity index (χ4v) is 7.32. The van der Waals surface area contributed by atoms with Crippen molar-refractivity contribution in [2.24, 2.45) is 5.92 Å². The molecule has 1 aromatic carbocycles. The van der Waals surface area contributed by atoms with E-state index >= 15 is 0 Å². The van der Waals surface area contributed by atoms with Crippen LogP contribution in [-0.2, 0) is 29.7 Å². The molecule has 0 radical (unpaired) electrons. The maximum Gasteiger partial charge on any atom is 0.257 e. The molecule has 5 rings (SSSR count). The number of aromatic nitrogens is 1. The maximum absolute atomic E-state index is 13.4. The van der Waals surface area contributed by atoms with Crippen LogP contribution >= 0.6 is 11.3 Å². The number of hydrogen-bond acceptors (Lipinski definition) is 7. The predicted molar refractivity (Wildman–Crippen MR) is 136 cm³/mol. The van der Waals surface area contributed by atoms with Gasteiger partial charge in [-0.05, 0) is 70.1 Å². The average molecular weight is 517 g/mol. The number of nitrogens with zero attached hydrogens (tertiary/aromatic N) is 1. The van der Waals surface area contributed by atoms with Crippen molar-refractivity contribution in [3.8, 4) is 0 Å². The molecule has 9 heteroatoms. The third kappa shape index (κ3) is 5.23. The molecule has 1 saturated heterocycles. The van der Waals surface area contributed by atoms with Gasteiger partial charge >= 0.3 is 0 Å². The highest BCUT2D eigenvalue weighted by molar-refractivity contribution is 7.92. The van der Waals surface area contributed by atoms with Gasteiger partial charge in [0, 0.05) is 11.0 Å². The van der Waals surface area contributed by atoms with E-state index in [9.17, 15) is 13.2 Å². The van der Waals surface area contributed by atoms with Gasteiger partial charge in [0.05, 0.1) is 22.4 Å². The van der Waals surface area contributed by atoms with Gasteiger partial charge in [-0.2, -0.15) is 0 Å². The molecule has 3 aliphatic rings. The SMILES string of the molecule is CC1(C)OCC(C)(c2csc(NC(=O)/C(=C/C3CCCC3)c3ccc(S(=O)(=O)C4CC4)cc3)n2)O1. The first-order valence-electron chi connectivity index (χ1n) is 12.2. The summed E-state index contributed by atoms with van der Waals surface area (Å²) in [6, 6.07) is 6.74. The van der Waals surface area contributed by atoms with E-state index in [1.807, 2.05) is 32.2 Å². The molecule has 1 atom stereocenters. The summed E-state index contributed by atoms with van der Waals surface area (Å²) < 4.78 is 37.0. The number of anilines is 1. The number of allylic oxidation sites excluding steroid dienone is 1. The molecule has 0 spiro atoms. The smallest absolute Gasteiger partial charge is 0.257 e. The third-order valence-corrected chi connectivity index (χ3v) is 9.97. The normalized spacial score (nSPS) is 25.2. The molecule has 7 nitrogen and oxygen atoms in total. The lowest BCUT2D eigenvalue weighted by atomic mass is 9.98. The van der Waals surface area contributed by atoms with Crippen molar-refractivity contribution in [3.63, 3.8) is 0 Å². The second kappa shape index (κ2) is 9.10. The summed E-state index contributed by atoms with van der Waals surface area (Å²) in [5.41, 5.74) is 1.31. The van der Waals surface area contributed by atoms with Crippen molar-refractivity contribution >= 4 is 37.8 Å². The Labute approximate surface area is 210 Å². The van der Waals surface area contributed by atoms with Gasteiger partial charge in [-0.25, -0.2) is 13.4 Å². The zero-order valence-corrected chi connectivity index (χ0v) is 22.0. The number of hydrogen-bond donors (Lipinski definition) is 1. The molecule has 35 heavy (non-hydrogen) atoms. The van der Waals surface area contributed by atoms with E-state index in [0.717, 1.165) is 44.2 Å². The molecular weight excluding hydrogens is 484 g/mol. The lowest BCUT2D eigenvalue weighted by molar-refractivity contribution is -0.160. The number of amides is 1. The van der Waals surface area contributed by atoms with Crippen molar-refractivity contribution < 1.29 is 22.7 Å². The fourth-order valence-electron chi connectivity index (χ4n) is 4.84. The Bertz CT molecular complexity index is 1240. The third-order valence-electron chi connectivity index (χ3n) is 6.94. The summed E-state index contributed by atoms with van der Waals surface area (Å²) in [7, 11) is -3.27. The second-order valence-corrected chi connectivity index (χ2v) is 13.5. The van der Waals surface area contributed by atoms with Crippen LogP contribution in [0.25, 0.3) is 5.57 Å². The van der Waals surface area contributed by atoms with Crippen molar-refractivity contribution in [2.45, 2.75) is 80.8 Å². The van der Waals surface area contributed by atoms with Crippen LogP contribution in [0, 0.1) is 5.92 Å². The quantitative estimate of drug-likeness (QED) is 0.503. The van der Waals surface area contributed by atoms with Crippen LogP contribution in [0.5, 0.6) is 0 Å². The fraction of sp³-hybridized carbons (Fsp3) is 0.538. The molecular formula is C26H32N2O5S2. The van der Waals surface area contributed by atoms with Gasteiger partial charge in [-0.15, -0.1) is 11.3 Å². The Morgan fingerprint density at radius 3 is 2.40 bits per heavy atom. The lowest BCUT2D eigenvalue weighted by Gasteiger charge is -2.23. The van der Waals surface area contributed by atoms with Gasteiger partial charge in [-0.3, -0.25) is 10.1 Å². The summed E-state index contributed by atoms with van der Waals surface area (Å²) in [5.74, 6) is -0.592. The number of ether oxygens (including phenoxy) is 2. The Kier molecular flexibility index (Phi) is 6.40. The first kappa shape index (κ1) is 24.6. The molecule has 1 unspecified atom stereocenters. The molecule has 1 N–H and O–H groups in total.